The number of carbonyl (C=O) groups is 2. The fourth-order valence-corrected chi connectivity index (χ4v) is 4.66. The summed E-state index contributed by atoms with van der Waals surface area (Å²) in [6.45, 7) is 4.82. The zero-order chi connectivity index (χ0) is 23.5. The number of aryl methyl sites for hydroxylation is 1. The van der Waals surface area contributed by atoms with Gasteiger partial charge in [-0.1, -0.05) is 41.1 Å². The second-order valence-corrected chi connectivity index (χ2v) is 9.14. The lowest BCUT2D eigenvalue weighted by atomic mass is 9.97. The first-order valence-corrected chi connectivity index (χ1v) is 11.9. The van der Waals surface area contributed by atoms with E-state index < -0.39 is 0 Å². The molecule has 1 aromatic heterocycles. The molecule has 1 unspecified atom stereocenters. The van der Waals surface area contributed by atoms with Crippen LogP contribution < -0.4 is 10.2 Å². The molecule has 8 heteroatoms. The van der Waals surface area contributed by atoms with Gasteiger partial charge in [0.2, 0.25) is 23.5 Å². The number of aromatic nitrogens is 2. The van der Waals surface area contributed by atoms with Gasteiger partial charge in [0.25, 0.3) is 0 Å². The van der Waals surface area contributed by atoms with Crippen molar-refractivity contribution in [1.29, 1.82) is 0 Å². The summed E-state index contributed by atoms with van der Waals surface area (Å²) in [7, 11) is 0. The van der Waals surface area contributed by atoms with Crippen molar-refractivity contribution in [3.8, 4) is 11.4 Å². The maximum absolute atomic E-state index is 13.0. The Hall–Kier alpha value is -3.52. The largest absolute Gasteiger partial charge is 0.338 e. The molecular formula is C26H29N5O3. The Balaban J connectivity index is 1.19. The molecule has 0 aliphatic carbocycles. The molecule has 0 bridgehead atoms. The van der Waals surface area contributed by atoms with Gasteiger partial charge in [-0.25, -0.2) is 0 Å². The first kappa shape index (κ1) is 22.3. The van der Waals surface area contributed by atoms with Gasteiger partial charge in [-0.05, 0) is 50.9 Å². The van der Waals surface area contributed by atoms with E-state index in [9.17, 15) is 9.59 Å². The number of piperidine rings is 1. The number of anilines is 2. The highest BCUT2D eigenvalue weighted by molar-refractivity contribution is 5.97. The normalized spacial score (nSPS) is 18.9. The summed E-state index contributed by atoms with van der Waals surface area (Å²) in [6, 6.07) is 15.6. The van der Waals surface area contributed by atoms with Gasteiger partial charge in [-0.15, -0.1) is 0 Å². The van der Waals surface area contributed by atoms with E-state index in [1.165, 1.54) is 5.56 Å². The third-order valence-corrected chi connectivity index (χ3v) is 6.51. The predicted octanol–water partition coefficient (Wildman–Crippen LogP) is 4.02. The van der Waals surface area contributed by atoms with E-state index in [1.807, 2.05) is 55.5 Å². The van der Waals surface area contributed by atoms with Gasteiger partial charge in [0.15, 0.2) is 0 Å². The number of hydrogen-bond acceptors (Lipinski definition) is 6. The molecule has 5 rings (SSSR count). The number of benzene rings is 2. The molecule has 1 atom stereocenters. The van der Waals surface area contributed by atoms with Crippen LogP contribution in [0, 0.1) is 12.8 Å². The molecule has 2 fully saturated rings. The molecule has 34 heavy (non-hydrogen) atoms. The van der Waals surface area contributed by atoms with Crippen molar-refractivity contribution in [2.24, 2.45) is 5.92 Å². The molecule has 0 saturated carbocycles. The van der Waals surface area contributed by atoms with Crippen molar-refractivity contribution in [1.82, 2.24) is 15.0 Å². The van der Waals surface area contributed by atoms with Crippen molar-refractivity contribution >= 4 is 23.2 Å². The summed E-state index contributed by atoms with van der Waals surface area (Å²) < 4.78 is 5.48. The minimum atomic E-state index is -0.120. The van der Waals surface area contributed by atoms with Crippen LogP contribution in [0.5, 0.6) is 0 Å². The summed E-state index contributed by atoms with van der Waals surface area (Å²) in [6.07, 6.45) is 3.23. The summed E-state index contributed by atoms with van der Waals surface area (Å²) in [5, 5.41) is 7.17. The average molecular weight is 460 g/mol. The minimum absolute atomic E-state index is 0.000437. The van der Waals surface area contributed by atoms with E-state index >= 15 is 0 Å². The smallest absolute Gasteiger partial charge is 0.241 e. The average Bonchev–Trinajstić information content (AvgIpc) is 3.49. The van der Waals surface area contributed by atoms with Crippen LogP contribution in [-0.4, -0.2) is 46.5 Å². The number of rotatable bonds is 6. The highest BCUT2D eigenvalue weighted by atomic mass is 16.5. The van der Waals surface area contributed by atoms with Crippen LogP contribution in [0.4, 0.5) is 11.4 Å². The lowest BCUT2D eigenvalue weighted by molar-refractivity contribution is -0.121. The third-order valence-electron chi connectivity index (χ3n) is 6.51. The SMILES string of the molecule is Cc1ccc(-c2noc(CN3CCCC(C(=O)Nc4cccc(N5CCCC5=O)c4)C3)n2)cc1. The molecule has 2 aliphatic rings. The Kier molecular flexibility index (Phi) is 6.40. The van der Waals surface area contributed by atoms with E-state index in [1.54, 1.807) is 4.90 Å². The lowest BCUT2D eigenvalue weighted by Crippen LogP contribution is -2.40. The Bertz CT molecular complexity index is 1170. The summed E-state index contributed by atoms with van der Waals surface area (Å²) in [5.41, 5.74) is 3.67. The summed E-state index contributed by atoms with van der Waals surface area (Å²) in [4.78, 5) is 33.6. The second kappa shape index (κ2) is 9.77. The monoisotopic (exact) mass is 459 g/mol. The van der Waals surface area contributed by atoms with Crippen LogP contribution in [0.25, 0.3) is 11.4 Å². The van der Waals surface area contributed by atoms with Gasteiger partial charge >= 0.3 is 0 Å². The standard InChI is InChI=1S/C26H29N5O3/c1-18-9-11-19(12-10-18)25-28-23(34-29-25)17-30-13-3-5-20(16-30)26(33)27-21-6-2-7-22(15-21)31-14-4-8-24(31)32/h2,6-7,9-12,15,20H,3-5,8,13-14,16-17H2,1H3,(H,27,33). The molecule has 2 aliphatic heterocycles. The Morgan fingerprint density at radius 2 is 2.00 bits per heavy atom. The highest BCUT2D eigenvalue weighted by Gasteiger charge is 2.27. The first-order valence-electron chi connectivity index (χ1n) is 11.9. The topological polar surface area (TPSA) is 91.6 Å². The van der Waals surface area contributed by atoms with Crippen LogP contribution in [-0.2, 0) is 16.1 Å². The van der Waals surface area contributed by atoms with Crippen LogP contribution in [0.1, 0.15) is 37.1 Å². The van der Waals surface area contributed by atoms with E-state index in [0.717, 1.165) is 49.3 Å². The van der Waals surface area contributed by atoms with Crippen molar-refractivity contribution < 1.29 is 14.1 Å². The Morgan fingerprint density at radius 3 is 2.79 bits per heavy atom. The fraction of sp³-hybridized carbons (Fsp3) is 0.385. The number of nitrogens with one attached hydrogen (secondary N) is 1. The quantitative estimate of drug-likeness (QED) is 0.599. The van der Waals surface area contributed by atoms with E-state index in [4.69, 9.17) is 4.52 Å². The molecule has 0 radical (unpaired) electrons. The van der Waals surface area contributed by atoms with Crippen LogP contribution in [0.2, 0.25) is 0 Å². The maximum atomic E-state index is 13.0. The molecule has 3 heterocycles. The molecule has 2 saturated heterocycles. The van der Waals surface area contributed by atoms with E-state index in [0.29, 0.717) is 31.2 Å². The maximum Gasteiger partial charge on any atom is 0.241 e. The van der Waals surface area contributed by atoms with E-state index in [2.05, 4.69) is 20.4 Å². The van der Waals surface area contributed by atoms with Crippen molar-refractivity contribution in [2.75, 3.05) is 29.9 Å². The molecule has 3 aromatic rings. The Morgan fingerprint density at radius 1 is 1.15 bits per heavy atom. The van der Waals surface area contributed by atoms with Gasteiger partial charge in [-0.3, -0.25) is 14.5 Å². The minimum Gasteiger partial charge on any atom is -0.338 e. The van der Waals surface area contributed by atoms with Crippen LogP contribution in [0.3, 0.4) is 0 Å². The van der Waals surface area contributed by atoms with Gasteiger partial charge in [0.1, 0.15) is 0 Å². The molecule has 8 nitrogen and oxygen atoms in total. The molecule has 176 valence electrons. The number of hydrogen-bond donors (Lipinski definition) is 1. The van der Waals surface area contributed by atoms with E-state index in [-0.39, 0.29) is 17.7 Å². The van der Waals surface area contributed by atoms with Crippen LogP contribution in [0.15, 0.2) is 53.1 Å². The van der Waals surface area contributed by atoms with Crippen molar-refractivity contribution in [3.05, 3.63) is 60.0 Å². The van der Waals surface area contributed by atoms with Gasteiger partial charge in [-0.2, -0.15) is 4.98 Å². The molecular weight excluding hydrogens is 430 g/mol. The molecule has 0 spiro atoms. The van der Waals surface area contributed by atoms with Crippen molar-refractivity contribution in [2.45, 2.75) is 39.2 Å². The number of likely N-dealkylation sites (tertiary alicyclic amines) is 1. The highest BCUT2D eigenvalue weighted by Crippen LogP contribution is 2.26. The zero-order valence-electron chi connectivity index (χ0n) is 19.4. The number of carbonyl (C=O) groups excluding carboxylic acids is 2. The fourth-order valence-electron chi connectivity index (χ4n) is 4.66. The van der Waals surface area contributed by atoms with Gasteiger partial charge in [0.05, 0.1) is 12.5 Å². The van der Waals surface area contributed by atoms with Crippen LogP contribution >= 0.6 is 0 Å². The first-order chi connectivity index (χ1) is 16.5. The molecule has 2 aromatic carbocycles. The third kappa shape index (κ3) is 5.02. The summed E-state index contributed by atoms with van der Waals surface area (Å²) in [5.74, 6) is 1.15. The summed E-state index contributed by atoms with van der Waals surface area (Å²) >= 11 is 0. The van der Waals surface area contributed by atoms with Crippen molar-refractivity contribution in [3.63, 3.8) is 0 Å². The predicted molar refractivity (Wildman–Crippen MR) is 129 cm³/mol. The molecule has 1 N–H and O–H groups in total. The number of amides is 2. The Labute approximate surface area is 198 Å². The van der Waals surface area contributed by atoms with Gasteiger partial charge in [0, 0.05) is 36.4 Å². The lowest BCUT2D eigenvalue weighted by Gasteiger charge is -2.31. The zero-order valence-corrected chi connectivity index (χ0v) is 19.4. The van der Waals surface area contributed by atoms with Gasteiger partial charge < -0.3 is 14.7 Å². The molecule has 2 amide bonds. The number of nitrogens with zero attached hydrogens (tertiary/aromatic N) is 4. The second-order valence-electron chi connectivity index (χ2n) is 9.14.